The van der Waals surface area contributed by atoms with Crippen LogP contribution in [0.15, 0.2) is 29.8 Å². The molecular weight excluding hydrogens is 232 g/mol. The van der Waals surface area contributed by atoms with Gasteiger partial charge in [-0.1, -0.05) is 0 Å². The van der Waals surface area contributed by atoms with Crippen molar-refractivity contribution in [3.8, 4) is 10.6 Å². The van der Waals surface area contributed by atoms with Crippen molar-refractivity contribution < 1.29 is 0 Å². The molecule has 17 heavy (non-hydrogen) atoms. The van der Waals surface area contributed by atoms with Crippen LogP contribution in [0.3, 0.4) is 0 Å². The number of hydrogen-bond donors (Lipinski definition) is 1. The SMILES string of the molecule is CN(C)c1nc2ccc(-c3nccs3)cc2[nH]1. The lowest BCUT2D eigenvalue weighted by Gasteiger charge is -2.05. The third-order valence-electron chi connectivity index (χ3n) is 2.57. The molecular formula is C12H12N4S. The highest BCUT2D eigenvalue weighted by Crippen LogP contribution is 2.25. The largest absolute Gasteiger partial charge is 0.349 e. The molecule has 0 saturated carbocycles. The summed E-state index contributed by atoms with van der Waals surface area (Å²) < 4.78 is 0. The van der Waals surface area contributed by atoms with Crippen LogP contribution in [0.25, 0.3) is 21.6 Å². The van der Waals surface area contributed by atoms with E-state index in [1.54, 1.807) is 11.3 Å². The third kappa shape index (κ3) is 1.78. The molecule has 2 heterocycles. The maximum absolute atomic E-state index is 4.49. The van der Waals surface area contributed by atoms with Gasteiger partial charge in [0.05, 0.1) is 11.0 Å². The molecule has 86 valence electrons. The first-order valence-electron chi connectivity index (χ1n) is 5.31. The molecule has 3 aromatic rings. The van der Waals surface area contributed by atoms with Gasteiger partial charge in [0.15, 0.2) is 0 Å². The van der Waals surface area contributed by atoms with Gasteiger partial charge in [0, 0.05) is 31.2 Å². The van der Waals surface area contributed by atoms with Crippen molar-refractivity contribution in [1.82, 2.24) is 15.0 Å². The normalized spacial score (nSPS) is 10.9. The van der Waals surface area contributed by atoms with Gasteiger partial charge in [-0.05, 0) is 18.2 Å². The number of benzene rings is 1. The minimum absolute atomic E-state index is 0.872. The lowest BCUT2D eigenvalue weighted by Crippen LogP contribution is -2.09. The fourth-order valence-electron chi connectivity index (χ4n) is 1.71. The van der Waals surface area contributed by atoms with Gasteiger partial charge in [-0.25, -0.2) is 9.97 Å². The van der Waals surface area contributed by atoms with Crippen LogP contribution < -0.4 is 4.90 Å². The highest BCUT2D eigenvalue weighted by molar-refractivity contribution is 7.13. The maximum atomic E-state index is 4.49. The zero-order valence-electron chi connectivity index (χ0n) is 9.64. The van der Waals surface area contributed by atoms with E-state index in [1.807, 2.05) is 36.6 Å². The summed E-state index contributed by atoms with van der Waals surface area (Å²) >= 11 is 1.64. The van der Waals surface area contributed by atoms with E-state index in [4.69, 9.17) is 0 Å². The Hall–Kier alpha value is -1.88. The minimum atomic E-state index is 0.872. The van der Waals surface area contributed by atoms with E-state index in [-0.39, 0.29) is 0 Å². The Morgan fingerprint density at radius 1 is 1.29 bits per heavy atom. The summed E-state index contributed by atoms with van der Waals surface area (Å²) in [4.78, 5) is 14.0. The first-order chi connectivity index (χ1) is 8.24. The summed E-state index contributed by atoms with van der Waals surface area (Å²) in [6.07, 6.45) is 1.82. The van der Waals surface area contributed by atoms with E-state index < -0.39 is 0 Å². The summed E-state index contributed by atoms with van der Waals surface area (Å²) in [5.74, 6) is 0.872. The Balaban J connectivity index is 2.13. The number of hydrogen-bond acceptors (Lipinski definition) is 4. The average Bonchev–Trinajstić information content (AvgIpc) is 2.97. The van der Waals surface area contributed by atoms with Crippen LogP contribution in [0, 0.1) is 0 Å². The van der Waals surface area contributed by atoms with E-state index in [0.717, 1.165) is 27.6 Å². The molecule has 0 radical (unpaired) electrons. The molecule has 0 aliphatic heterocycles. The van der Waals surface area contributed by atoms with Crippen LogP contribution in [0.2, 0.25) is 0 Å². The summed E-state index contributed by atoms with van der Waals surface area (Å²) in [7, 11) is 3.94. The van der Waals surface area contributed by atoms with Gasteiger partial charge in [0.2, 0.25) is 5.95 Å². The molecule has 0 fully saturated rings. The molecule has 0 spiro atoms. The fourth-order valence-corrected chi connectivity index (χ4v) is 2.34. The van der Waals surface area contributed by atoms with Crippen molar-refractivity contribution in [2.24, 2.45) is 0 Å². The molecule has 3 rings (SSSR count). The highest BCUT2D eigenvalue weighted by atomic mass is 32.1. The monoisotopic (exact) mass is 244 g/mol. The number of rotatable bonds is 2. The second-order valence-electron chi connectivity index (χ2n) is 4.02. The fraction of sp³-hybridized carbons (Fsp3) is 0.167. The van der Waals surface area contributed by atoms with Gasteiger partial charge >= 0.3 is 0 Å². The number of anilines is 1. The summed E-state index contributed by atoms with van der Waals surface area (Å²) in [5, 5.41) is 3.02. The van der Waals surface area contributed by atoms with E-state index in [2.05, 4.69) is 27.1 Å². The van der Waals surface area contributed by atoms with Gasteiger partial charge in [0.1, 0.15) is 5.01 Å². The maximum Gasteiger partial charge on any atom is 0.203 e. The first kappa shape index (κ1) is 10.3. The number of fused-ring (bicyclic) bond motifs is 1. The van der Waals surface area contributed by atoms with Crippen molar-refractivity contribution in [3.05, 3.63) is 29.8 Å². The Bertz CT molecular complexity index is 640. The van der Waals surface area contributed by atoms with Crippen molar-refractivity contribution in [2.75, 3.05) is 19.0 Å². The molecule has 4 nitrogen and oxygen atoms in total. The lowest BCUT2D eigenvalue weighted by atomic mass is 10.2. The minimum Gasteiger partial charge on any atom is -0.349 e. The number of aromatic amines is 1. The van der Waals surface area contributed by atoms with E-state index in [1.165, 1.54) is 0 Å². The van der Waals surface area contributed by atoms with Crippen LogP contribution in [-0.2, 0) is 0 Å². The predicted molar refractivity (Wildman–Crippen MR) is 71.5 cm³/mol. The van der Waals surface area contributed by atoms with Gasteiger partial charge < -0.3 is 9.88 Å². The molecule has 0 bridgehead atoms. The number of aromatic nitrogens is 3. The van der Waals surface area contributed by atoms with Crippen molar-refractivity contribution >= 4 is 28.3 Å². The number of imidazole rings is 1. The second-order valence-corrected chi connectivity index (χ2v) is 4.92. The quantitative estimate of drug-likeness (QED) is 0.754. The molecule has 0 aliphatic rings. The highest BCUT2D eigenvalue weighted by Gasteiger charge is 2.06. The Kier molecular flexibility index (Phi) is 2.33. The smallest absolute Gasteiger partial charge is 0.203 e. The summed E-state index contributed by atoms with van der Waals surface area (Å²) in [5.41, 5.74) is 3.15. The summed E-state index contributed by atoms with van der Waals surface area (Å²) in [6, 6.07) is 6.17. The van der Waals surface area contributed by atoms with Crippen molar-refractivity contribution in [3.63, 3.8) is 0 Å². The molecule has 0 saturated heterocycles. The van der Waals surface area contributed by atoms with Crippen LogP contribution in [0.5, 0.6) is 0 Å². The van der Waals surface area contributed by atoms with Crippen LogP contribution >= 0.6 is 11.3 Å². The lowest BCUT2D eigenvalue weighted by molar-refractivity contribution is 1.05. The first-order valence-corrected chi connectivity index (χ1v) is 6.19. The zero-order chi connectivity index (χ0) is 11.8. The van der Waals surface area contributed by atoms with Crippen LogP contribution in [-0.4, -0.2) is 29.0 Å². The number of H-pyrrole nitrogens is 1. The molecule has 0 amide bonds. The standard InChI is InChI=1S/C12H12N4S/c1-16(2)12-14-9-4-3-8(7-10(9)15-12)11-13-5-6-17-11/h3-7H,1-2H3,(H,14,15). The van der Waals surface area contributed by atoms with Gasteiger partial charge in [-0.2, -0.15) is 0 Å². The van der Waals surface area contributed by atoms with Crippen molar-refractivity contribution in [2.45, 2.75) is 0 Å². The summed E-state index contributed by atoms with van der Waals surface area (Å²) in [6.45, 7) is 0. The van der Waals surface area contributed by atoms with E-state index in [0.29, 0.717) is 0 Å². The molecule has 1 aromatic carbocycles. The molecule has 1 N–H and O–H groups in total. The Morgan fingerprint density at radius 3 is 2.88 bits per heavy atom. The second kappa shape index (κ2) is 3.85. The van der Waals surface area contributed by atoms with Gasteiger partial charge in [0.25, 0.3) is 0 Å². The van der Waals surface area contributed by atoms with Crippen LogP contribution in [0.4, 0.5) is 5.95 Å². The predicted octanol–water partition coefficient (Wildman–Crippen LogP) is 2.75. The molecule has 0 unspecified atom stereocenters. The molecule has 2 aromatic heterocycles. The van der Waals surface area contributed by atoms with Gasteiger partial charge in [-0.15, -0.1) is 11.3 Å². The number of nitrogens with one attached hydrogen (secondary N) is 1. The average molecular weight is 244 g/mol. The van der Waals surface area contributed by atoms with Crippen molar-refractivity contribution in [1.29, 1.82) is 0 Å². The number of nitrogens with zero attached hydrogens (tertiary/aromatic N) is 3. The van der Waals surface area contributed by atoms with Crippen LogP contribution in [0.1, 0.15) is 0 Å². The van der Waals surface area contributed by atoms with E-state index >= 15 is 0 Å². The Morgan fingerprint density at radius 2 is 2.18 bits per heavy atom. The zero-order valence-corrected chi connectivity index (χ0v) is 10.5. The molecule has 5 heteroatoms. The molecule has 0 aliphatic carbocycles. The third-order valence-corrected chi connectivity index (χ3v) is 3.39. The Labute approximate surface area is 103 Å². The number of thiazole rings is 1. The molecule has 0 atom stereocenters. The van der Waals surface area contributed by atoms with E-state index in [9.17, 15) is 0 Å². The topological polar surface area (TPSA) is 44.8 Å². The van der Waals surface area contributed by atoms with Gasteiger partial charge in [-0.3, -0.25) is 0 Å².